The van der Waals surface area contributed by atoms with Crippen molar-refractivity contribution in [3.8, 4) is 11.5 Å². The molecular weight excluding hydrogens is 398 g/mol. The van der Waals surface area contributed by atoms with Crippen molar-refractivity contribution in [3.05, 3.63) is 52.0 Å². The Hall–Kier alpha value is -2.54. The lowest BCUT2D eigenvalue weighted by Gasteiger charge is -2.14. The van der Waals surface area contributed by atoms with E-state index in [0.29, 0.717) is 23.7 Å². The van der Waals surface area contributed by atoms with Crippen LogP contribution < -0.4 is 15.2 Å². The van der Waals surface area contributed by atoms with Crippen LogP contribution >= 0.6 is 15.9 Å². The van der Waals surface area contributed by atoms with Crippen molar-refractivity contribution in [2.75, 3.05) is 26.5 Å². The van der Waals surface area contributed by atoms with Gasteiger partial charge in [0.1, 0.15) is 0 Å². The minimum Gasteiger partial charge on any atom is -0.493 e. The second kappa shape index (κ2) is 7.78. The Labute approximate surface area is 160 Å². The van der Waals surface area contributed by atoms with Gasteiger partial charge in [-0.2, -0.15) is 5.10 Å². The molecule has 0 atom stereocenters. The van der Waals surface area contributed by atoms with Crippen LogP contribution in [0.4, 0.5) is 5.69 Å². The Morgan fingerprint density at radius 3 is 2.50 bits per heavy atom. The molecule has 1 aliphatic rings. The van der Waals surface area contributed by atoms with Crippen molar-refractivity contribution >= 4 is 33.2 Å². The molecule has 2 N–H and O–H groups in total. The number of carbonyl (C=O) groups is 1. The molecule has 1 heterocycles. The van der Waals surface area contributed by atoms with E-state index in [1.807, 2.05) is 30.3 Å². The highest BCUT2D eigenvalue weighted by Gasteiger charge is 2.23. The van der Waals surface area contributed by atoms with Gasteiger partial charge in [-0.1, -0.05) is 28.1 Å². The van der Waals surface area contributed by atoms with Crippen molar-refractivity contribution in [1.82, 2.24) is 5.01 Å². The maximum absolute atomic E-state index is 12.7. The molecule has 0 bridgehead atoms. The Morgan fingerprint density at radius 1 is 1.19 bits per heavy atom. The third-order valence-corrected chi connectivity index (χ3v) is 4.97. The maximum atomic E-state index is 12.7. The summed E-state index contributed by atoms with van der Waals surface area (Å²) in [5.74, 6) is 1.13. The SMILES string of the molecule is COc1cc(Br)c(CC(=O)N2CCC(c3ccc(N)cc3)=N2)cc1OC. The highest BCUT2D eigenvalue weighted by Crippen LogP contribution is 2.33. The monoisotopic (exact) mass is 417 g/mol. The van der Waals surface area contributed by atoms with Crippen LogP contribution in [0.3, 0.4) is 0 Å². The third kappa shape index (κ3) is 3.83. The standard InChI is InChI=1S/C19H20BrN3O3/c1-25-17-9-13(15(20)11-18(17)26-2)10-19(24)23-8-7-16(22-23)12-3-5-14(21)6-4-12/h3-6,9,11H,7-8,10,21H2,1-2H3. The Bertz CT molecular complexity index is 850. The maximum Gasteiger partial charge on any atom is 0.247 e. The quantitative estimate of drug-likeness (QED) is 0.757. The highest BCUT2D eigenvalue weighted by molar-refractivity contribution is 9.10. The van der Waals surface area contributed by atoms with E-state index in [4.69, 9.17) is 15.2 Å². The zero-order valence-electron chi connectivity index (χ0n) is 14.7. The van der Waals surface area contributed by atoms with Crippen LogP contribution in [-0.2, 0) is 11.2 Å². The summed E-state index contributed by atoms with van der Waals surface area (Å²) < 4.78 is 11.4. The number of methoxy groups -OCH3 is 2. The minimum atomic E-state index is -0.0663. The van der Waals surface area contributed by atoms with E-state index in [1.54, 1.807) is 20.3 Å². The second-order valence-corrected chi connectivity index (χ2v) is 6.77. The molecule has 2 aromatic rings. The number of hydrogen-bond acceptors (Lipinski definition) is 5. The number of halogens is 1. The average Bonchev–Trinajstić information content (AvgIpc) is 3.13. The summed E-state index contributed by atoms with van der Waals surface area (Å²) in [6, 6.07) is 11.1. The number of nitrogen functional groups attached to an aromatic ring is 1. The molecular formula is C19H20BrN3O3. The molecule has 0 saturated carbocycles. The molecule has 0 unspecified atom stereocenters. The van der Waals surface area contributed by atoms with E-state index in [1.165, 1.54) is 5.01 Å². The van der Waals surface area contributed by atoms with Crippen LogP contribution in [0.2, 0.25) is 0 Å². The first-order valence-electron chi connectivity index (χ1n) is 8.16. The van der Waals surface area contributed by atoms with Gasteiger partial charge >= 0.3 is 0 Å². The van der Waals surface area contributed by atoms with Crippen LogP contribution in [-0.4, -0.2) is 37.4 Å². The third-order valence-electron chi connectivity index (χ3n) is 4.23. The summed E-state index contributed by atoms with van der Waals surface area (Å²) in [4.78, 5) is 12.7. The van der Waals surface area contributed by atoms with Gasteiger partial charge in [0.25, 0.3) is 0 Å². The lowest BCUT2D eigenvalue weighted by atomic mass is 10.1. The van der Waals surface area contributed by atoms with Gasteiger partial charge in [0.2, 0.25) is 5.91 Å². The second-order valence-electron chi connectivity index (χ2n) is 5.91. The van der Waals surface area contributed by atoms with E-state index in [-0.39, 0.29) is 12.3 Å². The Balaban J connectivity index is 1.76. The van der Waals surface area contributed by atoms with Crippen LogP contribution in [0.25, 0.3) is 0 Å². The molecule has 6 nitrogen and oxygen atoms in total. The first kappa shape index (κ1) is 18.3. The number of carbonyl (C=O) groups excluding carboxylic acids is 1. The van der Waals surface area contributed by atoms with Gasteiger partial charge in [-0.3, -0.25) is 4.79 Å². The fourth-order valence-electron chi connectivity index (χ4n) is 2.80. The zero-order valence-corrected chi connectivity index (χ0v) is 16.2. The summed E-state index contributed by atoms with van der Waals surface area (Å²) in [5, 5.41) is 6.00. The number of nitrogens with zero attached hydrogens (tertiary/aromatic N) is 2. The van der Waals surface area contributed by atoms with Crippen molar-refractivity contribution in [2.45, 2.75) is 12.8 Å². The molecule has 0 radical (unpaired) electrons. The van der Waals surface area contributed by atoms with Gasteiger partial charge in [-0.15, -0.1) is 0 Å². The highest BCUT2D eigenvalue weighted by atomic mass is 79.9. The van der Waals surface area contributed by atoms with Gasteiger partial charge in [0, 0.05) is 16.6 Å². The number of hydrogen-bond donors (Lipinski definition) is 1. The van der Waals surface area contributed by atoms with E-state index in [9.17, 15) is 4.79 Å². The average molecular weight is 418 g/mol. The van der Waals surface area contributed by atoms with Crippen molar-refractivity contribution in [3.63, 3.8) is 0 Å². The Morgan fingerprint density at radius 2 is 1.85 bits per heavy atom. The van der Waals surface area contributed by atoms with Crippen LogP contribution in [0.15, 0.2) is 46.0 Å². The largest absolute Gasteiger partial charge is 0.493 e. The first-order chi connectivity index (χ1) is 12.5. The normalized spacial score (nSPS) is 13.5. The van der Waals surface area contributed by atoms with Gasteiger partial charge in [0.15, 0.2) is 11.5 Å². The van der Waals surface area contributed by atoms with E-state index in [2.05, 4.69) is 21.0 Å². The van der Waals surface area contributed by atoms with E-state index < -0.39 is 0 Å². The van der Waals surface area contributed by atoms with E-state index >= 15 is 0 Å². The minimum absolute atomic E-state index is 0.0663. The fourth-order valence-corrected chi connectivity index (χ4v) is 3.26. The van der Waals surface area contributed by atoms with Crippen molar-refractivity contribution in [1.29, 1.82) is 0 Å². The number of rotatable bonds is 5. The lowest BCUT2D eigenvalue weighted by Crippen LogP contribution is -2.25. The van der Waals surface area contributed by atoms with Crippen molar-refractivity contribution < 1.29 is 14.3 Å². The van der Waals surface area contributed by atoms with E-state index in [0.717, 1.165) is 27.7 Å². The predicted molar refractivity (Wildman–Crippen MR) is 105 cm³/mol. The molecule has 1 amide bonds. The van der Waals surface area contributed by atoms with Crippen LogP contribution in [0.1, 0.15) is 17.5 Å². The molecule has 26 heavy (non-hydrogen) atoms. The molecule has 0 aliphatic carbocycles. The topological polar surface area (TPSA) is 77.2 Å². The number of anilines is 1. The summed E-state index contributed by atoms with van der Waals surface area (Å²) >= 11 is 3.49. The molecule has 0 fully saturated rings. The summed E-state index contributed by atoms with van der Waals surface area (Å²) in [6.07, 6.45) is 0.947. The molecule has 2 aromatic carbocycles. The Kier molecular flexibility index (Phi) is 5.46. The summed E-state index contributed by atoms with van der Waals surface area (Å²) in [7, 11) is 3.15. The molecule has 0 aromatic heterocycles. The van der Waals surface area contributed by atoms with Gasteiger partial charge in [-0.05, 0) is 35.4 Å². The summed E-state index contributed by atoms with van der Waals surface area (Å²) in [6.45, 7) is 0.573. The number of benzene rings is 2. The number of amides is 1. The smallest absolute Gasteiger partial charge is 0.247 e. The van der Waals surface area contributed by atoms with Gasteiger partial charge in [0.05, 0.1) is 32.9 Å². The zero-order chi connectivity index (χ0) is 18.7. The first-order valence-corrected chi connectivity index (χ1v) is 8.95. The molecule has 7 heteroatoms. The van der Waals surface area contributed by atoms with Gasteiger partial charge < -0.3 is 15.2 Å². The molecule has 136 valence electrons. The number of hydrazone groups is 1. The fraction of sp³-hybridized carbons (Fsp3) is 0.263. The van der Waals surface area contributed by atoms with Gasteiger partial charge in [-0.25, -0.2) is 5.01 Å². The number of ether oxygens (including phenoxy) is 2. The molecule has 1 aliphatic heterocycles. The molecule has 0 spiro atoms. The molecule has 3 rings (SSSR count). The lowest BCUT2D eigenvalue weighted by molar-refractivity contribution is -0.130. The summed E-state index contributed by atoms with van der Waals surface area (Å²) in [5.41, 5.74) is 9.13. The van der Waals surface area contributed by atoms with Crippen LogP contribution in [0.5, 0.6) is 11.5 Å². The van der Waals surface area contributed by atoms with Crippen molar-refractivity contribution in [2.24, 2.45) is 5.10 Å². The predicted octanol–water partition coefficient (Wildman–Crippen LogP) is 3.23. The molecule has 0 saturated heterocycles. The van der Waals surface area contributed by atoms with Crippen LogP contribution in [0, 0.1) is 0 Å². The number of nitrogens with two attached hydrogens (primary N) is 1.